The number of hydrogen-bond acceptors (Lipinski definition) is 4. The van der Waals surface area contributed by atoms with Crippen LogP contribution in [0.25, 0.3) is 16.9 Å². The van der Waals surface area contributed by atoms with Crippen molar-refractivity contribution in [2.45, 2.75) is 20.3 Å². The van der Waals surface area contributed by atoms with E-state index in [0.29, 0.717) is 34.7 Å². The molecule has 0 aliphatic rings. The smallest absolute Gasteiger partial charge is 0.198 e. The molecule has 2 aromatic heterocycles. The summed E-state index contributed by atoms with van der Waals surface area (Å²) in [4.78, 5) is 9.01. The van der Waals surface area contributed by atoms with Crippen LogP contribution in [-0.4, -0.2) is 19.6 Å². The third kappa shape index (κ3) is 2.69. The molecule has 0 saturated heterocycles. The van der Waals surface area contributed by atoms with Crippen LogP contribution in [0, 0.1) is 19.7 Å². The lowest BCUT2D eigenvalue weighted by Gasteiger charge is -2.11. The van der Waals surface area contributed by atoms with Crippen LogP contribution in [0.3, 0.4) is 0 Å². The number of aryl methyl sites for hydroxylation is 1. The van der Waals surface area contributed by atoms with E-state index < -0.39 is 0 Å². The van der Waals surface area contributed by atoms with Crippen LogP contribution in [0.5, 0.6) is 0 Å². The average Bonchev–Trinajstić information content (AvgIpc) is 3.06. The number of hydrogen-bond donors (Lipinski definition) is 1. The Kier molecular flexibility index (Phi) is 3.88. The fourth-order valence-corrected chi connectivity index (χ4v) is 3.08. The lowest BCUT2D eigenvalue weighted by Crippen LogP contribution is -2.05. The molecule has 2 heterocycles. The fraction of sp³-hybridized carbons (Fsp3) is 0.150. The van der Waals surface area contributed by atoms with Crippen LogP contribution >= 0.6 is 0 Å². The van der Waals surface area contributed by atoms with Crippen molar-refractivity contribution < 1.29 is 4.39 Å². The molecule has 0 unspecified atom stereocenters. The summed E-state index contributed by atoms with van der Waals surface area (Å²) in [6, 6.07) is 14.9. The Bertz CT molecular complexity index is 1100. The van der Waals surface area contributed by atoms with Crippen molar-refractivity contribution in [3.8, 4) is 11.3 Å². The summed E-state index contributed by atoms with van der Waals surface area (Å²) in [6.07, 6.45) is 0.607. The van der Waals surface area contributed by atoms with Crippen LogP contribution in [0.2, 0.25) is 0 Å². The second-order valence-electron chi connectivity index (χ2n) is 6.27. The number of halogens is 1. The topological polar surface area (TPSA) is 69.1 Å². The quantitative estimate of drug-likeness (QED) is 0.613. The van der Waals surface area contributed by atoms with E-state index in [1.54, 1.807) is 17.5 Å². The molecule has 6 heteroatoms. The molecule has 0 bridgehead atoms. The normalized spacial score (nSPS) is 11.2. The molecule has 4 rings (SSSR count). The molecule has 4 aromatic rings. The third-order valence-corrected chi connectivity index (χ3v) is 4.50. The molecule has 0 aliphatic heterocycles. The van der Waals surface area contributed by atoms with E-state index in [2.05, 4.69) is 15.1 Å². The van der Waals surface area contributed by atoms with Gasteiger partial charge in [-0.1, -0.05) is 42.5 Å². The molecular weight excluding hydrogens is 329 g/mol. The zero-order valence-electron chi connectivity index (χ0n) is 14.6. The lowest BCUT2D eigenvalue weighted by atomic mass is 10.0. The van der Waals surface area contributed by atoms with Crippen molar-refractivity contribution in [2.75, 3.05) is 5.73 Å². The SMILES string of the molecule is Cc1c(F)cccc1-c1nc(N)c2nc(Cc3ccccc3)nn2c1C. The first-order valence-electron chi connectivity index (χ1n) is 8.35. The Hall–Kier alpha value is -3.28. The molecule has 0 spiro atoms. The maximum Gasteiger partial charge on any atom is 0.198 e. The first kappa shape index (κ1) is 16.2. The zero-order chi connectivity index (χ0) is 18.3. The largest absolute Gasteiger partial charge is 0.381 e. The molecule has 130 valence electrons. The average molecular weight is 347 g/mol. The second kappa shape index (κ2) is 6.22. The molecule has 26 heavy (non-hydrogen) atoms. The van der Waals surface area contributed by atoms with Gasteiger partial charge in [-0.25, -0.2) is 18.9 Å². The van der Waals surface area contributed by atoms with Gasteiger partial charge in [0.05, 0.1) is 11.4 Å². The Morgan fingerprint density at radius 3 is 2.54 bits per heavy atom. The summed E-state index contributed by atoms with van der Waals surface area (Å²) in [7, 11) is 0. The minimum atomic E-state index is -0.272. The number of fused-ring (bicyclic) bond motifs is 1. The molecule has 0 atom stereocenters. The Morgan fingerprint density at radius 2 is 1.77 bits per heavy atom. The molecule has 2 N–H and O–H groups in total. The minimum absolute atomic E-state index is 0.272. The van der Waals surface area contributed by atoms with Crippen molar-refractivity contribution in [1.82, 2.24) is 19.6 Å². The van der Waals surface area contributed by atoms with Gasteiger partial charge in [-0.3, -0.25) is 0 Å². The van der Waals surface area contributed by atoms with E-state index >= 15 is 0 Å². The highest BCUT2D eigenvalue weighted by Gasteiger charge is 2.17. The van der Waals surface area contributed by atoms with Gasteiger partial charge in [0.2, 0.25) is 0 Å². The second-order valence-corrected chi connectivity index (χ2v) is 6.27. The van der Waals surface area contributed by atoms with E-state index in [0.717, 1.165) is 11.3 Å². The summed E-state index contributed by atoms with van der Waals surface area (Å²) in [5, 5.41) is 4.60. The fourth-order valence-electron chi connectivity index (χ4n) is 3.08. The summed E-state index contributed by atoms with van der Waals surface area (Å²) in [5.41, 5.74) is 10.4. The van der Waals surface area contributed by atoms with Gasteiger partial charge in [-0.15, -0.1) is 0 Å². The molecule has 0 radical (unpaired) electrons. The van der Waals surface area contributed by atoms with Crippen LogP contribution in [0.4, 0.5) is 10.2 Å². The summed E-state index contributed by atoms with van der Waals surface area (Å²) < 4.78 is 15.7. The lowest BCUT2D eigenvalue weighted by molar-refractivity contribution is 0.619. The van der Waals surface area contributed by atoms with Gasteiger partial charge < -0.3 is 5.73 Å². The number of nitrogens with zero attached hydrogens (tertiary/aromatic N) is 4. The van der Waals surface area contributed by atoms with Crippen molar-refractivity contribution in [3.05, 3.63) is 77.0 Å². The molecular formula is C20H18FN5. The van der Waals surface area contributed by atoms with Crippen molar-refractivity contribution in [3.63, 3.8) is 0 Å². The van der Waals surface area contributed by atoms with Crippen molar-refractivity contribution in [1.29, 1.82) is 0 Å². The highest BCUT2D eigenvalue weighted by Crippen LogP contribution is 2.28. The molecule has 0 fully saturated rings. The molecule has 5 nitrogen and oxygen atoms in total. The molecule has 0 amide bonds. The number of benzene rings is 2. The van der Waals surface area contributed by atoms with Gasteiger partial charge in [0.1, 0.15) is 5.82 Å². The predicted octanol–water partition coefficient (Wildman–Crippen LogP) is 3.72. The number of nitrogen functional groups attached to an aromatic ring is 1. The van der Waals surface area contributed by atoms with Crippen LogP contribution in [0.15, 0.2) is 48.5 Å². The minimum Gasteiger partial charge on any atom is -0.381 e. The molecule has 0 aliphatic carbocycles. The molecule has 0 saturated carbocycles. The van der Waals surface area contributed by atoms with E-state index in [-0.39, 0.29) is 11.6 Å². The van der Waals surface area contributed by atoms with Crippen LogP contribution in [-0.2, 0) is 6.42 Å². The number of rotatable bonds is 3. The van der Waals surface area contributed by atoms with E-state index in [1.807, 2.05) is 43.3 Å². The maximum absolute atomic E-state index is 14.0. The van der Waals surface area contributed by atoms with Gasteiger partial charge in [-0.05, 0) is 31.0 Å². The number of aromatic nitrogens is 4. The monoisotopic (exact) mass is 347 g/mol. The van der Waals surface area contributed by atoms with Crippen molar-refractivity contribution >= 4 is 11.5 Å². The Balaban J connectivity index is 1.85. The van der Waals surface area contributed by atoms with Gasteiger partial charge in [0.25, 0.3) is 0 Å². The standard InChI is InChI=1S/C20H18FN5/c1-12-15(9-6-10-16(12)21)18-13(2)26-20(19(22)24-18)23-17(25-26)11-14-7-4-3-5-8-14/h3-10H,11H2,1-2H3,(H2,22,24). The summed E-state index contributed by atoms with van der Waals surface area (Å²) >= 11 is 0. The Morgan fingerprint density at radius 1 is 1.00 bits per heavy atom. The first-order valence-corrected chi connectivity index (χ1v) is 8.35. The van der Waals surface area contributed by atoms with E-state index in [9.17, 15) is 4.39 Å². The first-order chi connectivity index (χ1) is 12.5. The number of anilines is 1. The highest BCUT2D eigenvalue weighted by atomic mass is 19.1. The van der Waals surface area contributed by atoms with Gasteiger partial charge in [0.15, 0.2) is 17.3 Å². The zero-order valence-corrected chi connectivity index (χ0v) is 14.6. The van der Waals surface area contributed by atoms with Crippen molar-refractivity contribution in [2.24, 2.45) is 0 Å². The van der Waals surface area contributed by atoms with Gasteiger partial charge in [-0.2, -0.15) is 5.10 Å². The molecule has 2 aromatic carbocycles. The highest BCUT2D eigenvalue weighted by molar-refractivity contribution is 5.71. The van der Waals surface area contributed by atoms with Crippen LogP contribution in [0.1, 0.15) is 22.6 Å². The van der Waals surface area contributed by atoms with Gasteiger partial charge in [0, 0.05) is 12.0 Å². The van der Waals surface area contributed by atoms with Crippen LogP contribution < -0.4 is 5.73 Å². The summed E-state index contributed by atoms with van der Waals surface area (Å²) in [6.45, 7) is 3.62. The Labute approximate surface area is 150 Å². The maximum atomic E-state index is 14.0. The number of nitrogens with two attached hydrogens (primary N) is 1. The van der Waals surface area contributed by atoms with E-state index in [4.69, 9.17) is 5.73 Å². The van der Waals surface area contributed by atoms with Gasteiger partial charge >= 0.3 is 0 Å². The summed E-state index contributed by atoms with van der Waals surface area (Å²) in [5.74, 6) is 0.674. The predicted molar refractivity (Wildman–Crippen MR) is 99.3 cm³/mol. The third-order valence-electron chi connectivity index (χ3n) is 4.50. The van der Waals surface area contributed by atoms with E-state index in [1.165, 1.54) is 6.07 Å².